The highest BCUT2D eigenvalue weighted by atomic mass is 16.2. The highest BCUT2D eigenvalue weighted by Gasteiger charge is 2.30. The maximum absolute atomic E-state index is 11.8. The van der Waals surface area contributed by atoms with E-state index in [-0.39, 0.29) is 30.7 Å². The van der Waals surface area contributed by atoms with Crippen LogP contribution in [0.4, 0.5) is 0 Å². The molecule has 0 saturated heterocycles. The van der Waals surface area contributed by atoms with Gasteiger partial charge in [-0.15, -0.1) is 6.42 Å². The van der Waals surface area contributed by atoms with Crippen LogP contribution in [0.2, 0.25) is 0 Å². The van der Waals surface area contributed by atoms with Gasteiger partial charge in [0.25, 0.3) is 0 Å². The molecule has 4 heteroatoms. The summed E-state index contributed by atoms with van der Waals surface area (Å²) in [5.74, 6) is 2.39. The van der Waals surface area contributed by atoms with Crippen molar-refractivity contribution in [3.8, 4) is 12.3 Å². The Kier molecular flexibility index (Phi) is 6.34. The molecule has 0 aromatic carbocycles. The van der Waals surface area contributed by atoms with Crippen molar-refractivity contribution in [3.63, 3.8) is 0 Å². The van der Waals surface area contributed by atoms with Crippen LogP contribution in [-0.2, 0) is 9.59 Å². The summed E-state index contributed by atoms with van der Waals surface area (Å²) < 4.78 is 0. The van der Waals surface area contributed by atoms with Crippen molar-refractivity contribution in [2.75, 3.05) is 13.1 Å². The molecule has 0 unspecified atom stereocenters. The van der Waals surface area contributed by atoms with Crippen molar-refractivity contribution in [3.05, 3.63) is 0 Å². The maximum Gasteiger partial charge on any atom is 0.225 e. The molecular weight excluding hydrogens is 216 g/mol. The van der Waals surface area contributed by atoms with Crippen molar-refractivity contribution in [2.24, 2.45) is 11.3 Å². The number of rotatable bonds is 6. The summed E-state index contributed by atoms with van der Waals surface area (Å²) in [5.41, 5.74) is -0.421. The summed E-state index contributed by atoms with van der Waals surface area (Å²) in [6.45, 7) is 8.35. The van der Waals surface area contributed by atoms with Crippen LogP contribution >= 0.6 is 0 Å². The van der Waals surface area contributed by atoms with Gasteiger partial charge in [-0.1, -0.05) is 33.6 Å². The number of hydrogen-bond donors (Lipinski definition) is 2. The van der Waals surface area contributed by atoms with Gasteiger partial charge in [0.05, 0.1) is 6.54 Å². The third-order valence-electron chi connectivity index (χ3n) is 3.05. The van der Waals surface area contributed by atoms with Gasteiger partial charge >= 0.3 is 0 Å². The Balaban J connectivity index is 3.95. The number of carbonyl (C=O) groups is 2. The van der Waals surface area contributed by atoms with Crippen LogP contribution < -0.4 is 10.6 Å². The van der Waals surface area contributed by atoms with Crippen LogP contribution in [-0.4, -0.2) is 24.9 Å². The number of nitrogens with one attached hydrogen (secondary N) is 2. The molecule has 0 aliphatic rings. The predicted octanol–water partition coefficient (Wildman–Crippen LogP) is 0.924. The lowest BCUT2D eigenvalue weighted by molar-refractivity contribution is -0.131. The van der Waals surface area contributed by atoms with E-state index in [1.807, 2.05) is 27.7 Å². The summed E-state index contributed by atoms with van der Waals surface area (Å²) in [7, 11) is 0. The van der Waals surface area contributed by atoms with E-state index in [2.05, 4.69) is 16.6 Å². The van der Waals surface area contributed by atoms with Crippen LogP contribution in [0, 0.1) is 23.7 Å². The topological polar surface area (TPSA) is 58.2 Å². The van der Waals surface area contributed by atoms with Crippen LogP contribution in [0.3, 0.4) is 0 Å². The van der Waals surface area contributed by atoms with Crippen molar-refractivity contribution in [1.82, 2.24) is 10.6 Å². The molecule has 0 aliphatic heterocycles. The van der Waals surface area contributed by atoms with Gasteiger partial charge in [0.1, 0.15) is 0 Å². The summed E-state index contributed by atoms with van der Waals surface area (Å²) in [6.07, 6.45) is 5.26. The molecular formula is C13H22N2O2. The van der Waals surface area contributed by atoms with Crippen molar-refractivity contribution < 1.29 is 9.59 Å². The standard InChI is InChI=1S/C13H22N2O2/c1-6-8-14-11(16)7-9-15-12(17)13(4,5)10(2)3/h1,10H,7-9H2,2-5H3,(H,14,16)(H,15,17). The van der Waals surface area contributed by atoms with E-state index < -0.39 is 5.41 Å². The van der Waals surface area contributed by atoms with Gasteiger partial charge in [0.15, 0.2) is 0 Å². The maximum atomic E-state index is 11.8. The van der Waals surface area contributed by atoms with E-state index in [0.29, 0.717) is 6.54 Å². The lowest BCUT2D eigenvalue weighted by Crippen LogP contribution is -2.41. The van der Waals surface area contributed by atoms with Crippen molar-refractivity contribution in [1.29, 1.82) is 0 Å². The van der Waals surface area contributed by atoms with Crippen LogP contribution in [0.15, 0.2) is 0 Å². The average molecular weight is 238 g/mol. The zero-order valence-electron chi connectivity index (χ0n) is 11.1. The minimum absolute atomic E-state index is 0.0303. The minimum Gasteiger partial charge on any atom is -0.355 e. The number of carbonyl (C=O) groups excluding carboxylic acids is 2. The molecule has 2 N–H and O–H groups in total. The average Bonchev–Trinajstić information content (AvgIpc) is 2.25. The van der Waals surface area contributed by atoms with Crippen LogP contribution in [0.1, 0.15) is 34.1 Å². The van der Waals surface area contributed by atoms with E-state index >= 15 is 0 Å². The molecule has 96 valence electrons. The zero-order chi connectivity index (χ0) is 13.5. The van der Waals surface area contributed by atoms with E-state index in [0.717, 1.165) is 0 Å². The molecule has 0 heterocycles. The van der Waals surface area contributed by atoms with Crippen LogP contribution in [0.25, 0.3) is 0 Å². The molecule has 0 aromatic rings. The van der Waals surface area contributed by atoms with Crippen molar-refractivity contribution >= 4 is 11.8 Å². The molecule has 0 radical (unpaired) electrons. The third kappa shape index (κ3) is 5.39. The first kappa shape index (κ1) is 15.5. The monoisotopic (exact) mass is 238 g/mol. The van der Waals surface area contributed by atoms with E-state index in [1.54, 1.807) is 0 Å². The molecule has 0 spiro atoms. The molecule has 0 bridgehead atoms. The third-order valence-corrected chi connectivity index (χ3v) is 3.05. The van der Waals surface area contributed by atoms with Gasteiger partial charge in [-0.05, 0) is 5.92 Å². The fraction of sp³-hybridized carbons (Fsp3) is 0.692. The Morgan fingerprint density at radius 1 is 1.29 bits per heavy atom. The fourth-order valence-corrected chi connectivity index (χ4v) is 1.02. The largest absolute Gasteiger partial charge is 0.355 e. The smallest absolute Gasteiger partial charge is 0.225 e. The highest BCUT2D eigenvalue weighted by Crippen LogP contribution is 2.25. The molecule has 4 nitrogen and oxygen atoms in total. The Bertz CT molecular complexity index is 314. The van der Waals surface area contributed by atoms with Crippen LogP contribution in [0.5, 0.6) is 0 Å². The summed E-state index contributed by atoms with van der Waals surface area (Å²) in [4.78, 5) is 23.0. The second kappa shape index (κ2) is 6.95. The Hall–Kier alpha value is -1.50. The quantitative estimate of drug-likeness (QED) is 0.676. The Labute approximate surface area is 104 Å². The number of hydrogen-bond acceptors (Lipinski definition) is 2. The van der Waals surface area contributed by atoms with Gasteiger partial charge in [-0.3, -0.25) is 9.59 Å². The molecule has 0 rings (SSSR count). The molecule has 0 aliphatic carbocycles. The Morgan fingerprint density at radius 3 is 2.35 bits per heavy atom. The van der Waals surface area contributed by atoms with Gasteiger partial charge in [0, 0.05) is 18.4 Å². The van der Waals surface area contributed by atoms with E-state index in [1.165, 1.54) is 0 Å². The van der Waals surface area contributed by atoms with Gasteiger partial charge < -0.3 is 10.6 Å². The highest BCUT2D eigenvalue weighted by molar-refractivity contribution is 5.83. The Morgan fingerprint density at radius 2 is 1.88 bits per heavy atom. The van der Waals surface area contributed by atoms with Crippen molar-refractivity contribution in [2.45, 2.75) is 34.1 Å². The molecule has 17 heavy (non-hydrogen) atoms. The second-order valence-electron chi connectivity index (χ2n) is 4.86. The molecule has 0 fully saturated rings. The summed E-state index contributed by atoms with van der Waals surface area (Å²) >= 11 is 0. The summed E-state index contributed by atoms with van der Waals surface area (Å²) in [6, 6.07) is 0. The molecule has 0 saturated carbocycles. The minimum atomic E-state index is -0.421. The first-order valence-corrected chi connectivity index (χ1v) is 5.80. The van der Waals surface area contributed by atoms with Gasteiger partial charge in [0.2, 0.25) is 11.8 Å². The van der Waals surface area contributed by atoms with Gasteiger partial charge in [-0.2, -0.15) is 0 Å². The molecule has 0 atom stereocenters. The van der Waals surface area contributed by atoms with E-state index in [4.69, 9.17) is 6.42 Å². The van der Waals surface area contributed by atoms with E-state index in [9.17, 15) is 9.59 Å². The zero-order valence-corrected chi connectivity index (χ0v) is 11.1. The summed E-state index contributed by atoms with van der Waals surface area (Å²) in [5, 5.41) is 5.30. The molecule has 0 aromatic heterocycles. The predicted molar refractivity (Wildman–Crippen MR) is 68.1 cm³/mol. The first-order chi connectivity index (χ1) is 7.82. The van der Waals surface area contributed by atoms with Gasteiger partial charge in [-0.25, -0.2) is 0 Å². The normalized spacial score (nSPS) is 10.8. The SMILES string of the molecule is C#CCNC(=O)CCNC(=O)C(C)(C)C(C)C. The first-order valence-electron chi connectivity index (χ1n) is 5.80. The lowest BCUT2D eigenvalue weighted by atomic mass is 9.80. The lowest BCUT2D eigenvalue weighted by Gasteiger charge is -2.27. The second-order valence-corrected chi connectivity index (χ2v) is 4.86. The number of amides is 2. The number of terminal acetylenes is 1. The fourth-order valence-electron chi connectivity index (χ4n) is 1.02. The molecule has 2 amide bonds.